The van der Waals surface area contributed by atoms with Gasteiger partial charge in [0.15, 0.2) is 5.49 Å². The minimum Gasteiger partial charge on any atom is -0.492 e. The summed E-state index contributed by atoms with van der Waals surface area (Å²) in [5.41, 5.74) is -0.372. The summed E-state index contributed by atoms with van der Waals surface area (Å²) in [5.74, 6) is -1.04. The van der Waals surface area contributed by atoms with Gasteiger partial charge in [-0.25, -0.2) is 12.7 Å². The predicted octanol–water partition coefficient (Wildman–Crippen LogP) is 3.33. The number of rotatable bonds is 7. The normalized spacial score (nSPS) is 19.9. The van der Waals surface area contributed by atoms with Crippen LogP contribution in [0.4, 0.5) is 13.2 Å². The molecule has 0 aliphatic carbocycles. The van der Waals surface area contributed by atoms with Gasteiger partial charge in [0.05, 0.1) is 36.6 Å². The Morgan fingerprint density at radius 3 is 2.44 bits per heavy atom. The Morgan fingerprint density at radius 1 is 1.18 bits per heavy atom. The Morgan fingerprint density at radius 2 is 1.87 bits per heavy atom. The molecule has 0 saturated carbocycles. The molecule has 1 aromatic heterocycles. The van der Waals surface area contributed by atoms with Gasteiger partial charge in [0.1, 0.15) is 5.75 Å². The van der Waals surface area contributed by atoms with Gasteiger partial charge in [-0.2, -0.15) is 18.2 Å². The first-order valence-electron chi connectivity index (χ1n) is 12.8. The molecule has 0 spiro atoms. The third-order valence-corrected chi connectivity index (χ3v) is 8.27. The molecule has 1 amide bonds. The Balaban J connectivity index is 1.68. The van der Waals surface area contributed by atoms with E-state index in [0.29, 0.717) is 18.6 Å². The first-order valence-corrected chi connectivity index (χ1v) is 14.7. The van der Waals surface area contributed by atoms with Crippen LogP contribution in [0.15, 0.2) is 29.3 Å². The van der Waals surface area contributed by atoms with Crippen LogP contribution in [-0.4, -0.2) is 66.7 Å². The van der Waals surface area contributed by atoms with Gasteiger partial charge in [-0.05, 0) is 31.0 Å². The number of ether oxygens (including phenoxy) is 2. The molecule has 0 unspecified atom stereocenters. The standard InChI is InChI=1S/C26H35F3N4O5S/c1-25(2,3)22-12-23(33(31(22)4)15-19-7-6-10-37-19)30-24(34)20-11-18(26(27,28)29)8-9-21(20)38-16-17-13-32(14-17)39(5,35)36/h8-9,11-12,17,19H,6-7,10,13-16H2,1-5H3/b30-23+/t19-/m1/s1. The molecule has 9 nitrogen and oxygen atoms in total. The zero-order valence-corrected chi connectivity index (χ0v) is 23.6. The van der Waals surface area contributed by atoms with Crippen LogP contribution in [0.5, 0.6) is 5.75 Å². The lowest BCUT2D eigenvalue weighted by molar-refractivity contribution is -0.137. The highest BCUT2D eigenvalue weighted by molar-refractivity contribution is 7.88. The number of amides is 1. The van der Waals surface area contributed by atoms with E-state index < -0.39 is 27.7 Å². The highest BCUT2D eigenvalue weighted by Crippen LogP contribution is 2.33. The second kappa shape index (κ2) is 10.7. The smallest absolute Gasteiger partial charge is 0.416 e. The fourth-order valence-corrected chi connectivity index (χ4v) is 5.80. The molecule has 2 aliphatic heterocycles. The van der Waals surface area contributed by atoms with Gasteiger partial charge >= 0.3 is 6.18 Å². The molecule has 4 rings (SSSR count). The van der Waals surface area contributed by atoms with Crippen LogP contribution in [-0.2, 0) is 39.9 Å². The summed E-state index contributed by atoms with van der Waals surface area (Å²) >= 11 is 0. The fraction of sp³-hybridized carbons (Fsp3) is 0.615. The number of carbonyl (C=O) groups excluding carboxylic acids is 1. The summed E-state index contributed by atoms with van der Waals surface area (Å²) in [6.45, 7) is 7.71. The number of alkyl halides is 3. The van der Waals surface area contributed by atoms with E-state index in [4.69, 9.17) is 9.47 Å². The lowest BCUT2D eigenvalue weighted by Gasteiger charge is -2.36. The molecule has 2 aliphatic rings. The van der Waals surface area contributed by atoms with Crippen molar-refractivity contribution in [2.24, 2.45) is 18.0 Å². The summed E-state index contributed by atoms with van der Waals surface area (Å²) in [5, 5.41) is 0. The van der Waals surface area contributed by atoms with Crippen molar-refractivity contribution < 1.29 is 35.9 Å². The van der Waals surface area contributed by atoms with Crippen molar-refractivity contribution in [3.63, 3.8) is 0 Å². The number of hydrogen-bond acceptors (Lipinski definition) is 5. The highest BCUT2D eigenvalue weighted by atomic mass is 32.2. The van der Waals surface area contributed by atoms with Crippen molar-refractivity contribution in [3.8, 4) is 5.75 Å². The lowest BCUT2D eigenvalue weighted by Crippen LogP contribution is -2.51. The quantitative estimate of drug-likeness (QED) is 0.507. The van der Waals surface area contributed by atoms with Crippen molar-refractivity contribution >= 4 is 15.9 Å². The molecule has 0 radical (unpaired) electrons. The number of benzene rings is 1. The number of nitrogens with zero attached hydrogens (tertiary/aromatic N) is 4. The van der Waals surface area contributed by atoms with Crippen molar-refractivity contribution in [1.82, 2.24) is 13.7 Å². The van der Waals surface area contributed by atoms with Gasteiger partial charge in [-0.1, -0.05) is 20.8 Å². The number of halogens is 3. The first-order chi connectivity index (χ1) is 18.0. The Kier molecular flexibility index (Phi) is 8.08. The zero-order valence-electron chi connectivity index (χ0n) is 22.8. The number of aromatic nitrogens is 2. The van der Waals surface area contributed by atoms with Gasteiger partial charge in [0, 0.05) is 49.8 Å². The average molecular weight is 573 g/mol. The molecule has 39 heavy (non-hydrogen) atoms. The van der Waals surface area contributed by atoms with Crippen LogP contribution in [0.3, 0.4) is 0 Å². The highest BCUT2D eigenvalue weighted by Gasteiger charge is 2.35. The van der Waals surface area contributed by atoms with E-state index in [-0.39, 0.29) is 48.4 Å². The molecule has 2 fully saturated rings. The number of sulfonamides is 1. The van der Waals surface area contributed by atoms with Crippen LogP contribution in [0, 0.1) is 5.92 Å². The van der Waals surface area contributed by atoms with Gasteiger partial charge in [-0.15, -0.1) is 0 Å². The zero-order chi connectivity index (χ0) is 28.8. The summed E-state index contributed by atoms with van der Waals surface area (Å²) < 4.78 is 80.4. The molecule has 0 N–H and O–H groups in total. The predicted molar refractivity (Wildman–Crippen MR) is 138 cm³/mol. The van der Waals surface area contributed by atoms with Crippen LogP contribution in [0.25, 0.3) is 0 Å². The fourth-order valence-electron chi connectivity index (χ4n) is 4.83. The first kappa shape index (κ1) is 29.3. The molecule has 216 valence electrons. The van der Waals surface area contributed by atoms with Gasteiger partial charge < -0.3 is 9.47 Å². The average Bonchev–Trinajstić information content (AvgIpc) is 3.40. The maximum Gasteiger partial charge on any atom is 0.416 e. The van der Waals surface area contributed by atoms with Crippen molar-refractivity contribution in [3.05, 3.63) is 46.6 Å². The second-order valence-electron chi connectivity index (χ2n) is 11.3. The van der Waals surface area contributed by atoms with Crippen LogP contribution in [0.2, 0.25) is 0 Å². The van der Waals surface area contributed by atoms with Crippen LogP contribution < -0.4 is 10.2 Å². The molecular formula is C26H35F3N4O5S. The van der Waals surface area contributed by atoms with E-state index in [1.54, 1.807) is 6.07 Å². The van der Waals surface area contributed by atoms with Crippen LogP contribution in [0.1, 0.15) is 55.2 Å². The van der Waals surface area contributed by atoms with Crippen molar-refractivity contribution in [2.75, 3.05) is 32.6 Å². The van der Waals surface area contributed by atoms with Crippen molar-refractivity contribution in [1.29, 1.82) is 0 Å². The third-order valence-electron chi connectivity index (χ3n) is 7.03. The van der Waals surface area contributed by atoms with E-state index in [1.807, 2.05) is 37.2 Å². The van der Waals surface area contributed by atoms with E-state index in [9.17, 15) is 26.4 Å². The Bertz CT molecular complexity index is 1390. The van der Waals surface area contributed by atoms with E-state index >= 15 is 0 Å². The van der Waals surface area contributed by atoms with Gasteiger partial charge in [-0.3, -0.25) is 14.2 Å². The Labute approximate surface area is 226 Å². The maximum absolute atomic E-state index is 13.5. The summed E-state index contributed by atoms with van der Waals surface area (Å²) in [4.78, 5) is 17.7. The minimum atomic E-state index is -4.66. The van der Waals surface area contributed by atoms with Crippen LogP contribution >= 0.6 is 0 Å². The maximum atomic E-state index is 13.5. The summed E-state index contributed by atoms with van der Waals surface area (Å²) in [7, 11) is -1.46. The number of carbonyl (C=O) groups is 1. The molecule has 13 heteroatoms. The van der Waals surface area contributed by atoms with E-state index in [1.165, 1.54) is 4.31 Å². The number of hydrogen-bond donors (Lipinski definition) is 0. The SMILES string of the molecule is Cn1c(C(C)(C)C)c/c(=N\C(=O)c2cc(C(F)(F)F)ccc2OCC2CN(S(C)(=O)=O)C2)n1C[C@H]1CCCO1. The molecule has 1 atom stereocenters. The molecule has 3 heterocycles. The monoisotopic (exact) mass is 572 g/mol. The second-order valence-corrected chi connectivity index (χ2v) is 13.2. The van der Waals surface area contributed by atoms with Gasteiger partial charge in [0.2, 0.25) is 10.0 Å². The van der Waals surface area contributed by atoms with Gasteiger partial charge in [0.25, 0.3) is 5.91 Å². The third kappa shape index (κ3) is 6.75. The Hall–Kier alpha value is -2.64. The van der Waals surface area contributed by atoms with E-state index in [0.717, 1.165) is 43.0 Å². The topological polar surface area (TPSA) is 95.1 Å². The molecule has 1 aromatic carbocycles. The van der Waals surface area contributed by atoms with E-state index in [2.05, 4.69) is 4.99 Å². The molecule has 0 bridgehead atoms. The largest absolute Gasteiger partial charge is 0.492 e. The minimum absolute atomic E-state index is 0.0350. The molecular weight excluding hydrogens is 537 g/mol. The summed E-state index contributed by atoms with van der Waals surface area (Å²) in [6, 6.07) is 4.50. The molecule has 2 saturated heterocycles. The molecule has 2 aromatic rings. The lowest BCUT2D eigenvalue weighted by atomic mass is 9.92. The summed E-state index contributed by atoms with van der Waals surface area (Å²) in [6.07, 6.45) is -1.82. The van der Waals surface area contributed by atoms with Crippen molar-refractivity contribution in [2.45, 2.75) is 57.9 Å².